The van der Waals surface area contributed by atoms with E-state index in [4.69, 9.17) is 37.0 Å². The van der Waals surface area contributed by atoms with Gasteiger partial charge in [-0.15, -0.1) is 0 Å². The number of hydrogen-bond acceptors (Lipinski definition) is 15. The van der Waals surface area contributed by atoms with Gasteiger partial charge in [0.05, 0.1) is 33.0 Å². The molecule has 17 nitrogen and oxygen atoms in total. The van der Waals surface area contributed by atoms with E-state index in [9.17, 15) is 43.2 Å². The Morgan fingerprint density at radius 1 is 0.333 bits per heavy atom. The normalized spacial score (nSPS) is 14.4. The molecule has 0 fully saturated rings. The molecule has 560 valence electrons. The topological polar surface area (TPSA) is 237 Å². The lowest BCUT2D eigenvalue weighted by Gasteiger charge is -2.21. The molecule has 0 aromatic carbocycles. The number of aliphatic hydroxyl groups excluding tert-OH is 1. The van der Waals surface area contributed by atoms with Gasteiger partial charge in [-0.05, 0) is 154 Å². The molecule has 96 heavy (non-hydrogen) atoms. The van der Waals surface area contributed by atoms with Crippen molar-refractivity contribution in [1.82, 2.24) is 0 Å². The lowest BCUT2D eigenvalue weighted by molar-refractivity contribution is -0.149. The minimum absolute atomic E-state index is 0.146. The lowest BCUT2D eigenvalue weighted by Crippen LogP contribution is -2.28. The van der Waals surface area contributed by atoms with Crippen LogP contribution in [0.25, 0.3) is 0 Å². The summed E-state index contributed by atoms with van der Waals surface area (Å²) in [5.74, 6) is -0.386. The Bertz CT molecular complexity index is 1960. The number of ether oxygens (including phenoxy) is 4. The third-order valence-corrected chi connectivity index (χ3v) is 18.4. The van der Waals surface area contributed by atoms with Crippen molar-refractivity contribution in [2.24, 2.45) is 0 Å². The van der Waals surface area contributed by atoms with Crippen molar-refractivity contribution in [1.29, 1.82) is 0 Å². The van der Waals surface area contributed by atoms with Crippen LogP contribution in [0.1, 0.15) is 328 Å². The van der Waals surface area contributed by atoms with Crippen molar-refractivity contribution in [3.05, 3.63) is 60.8 Å². The van der Waals surface area contributed by atoms with Crippen LogP contribution in [-0.4, -0.2) is 117 Å². The van der Waals surface area contributed by atoms with Crippen LogP contribution < -0.4 is 0 Å². The van der Waals surface area contributed by atoms with Crippen molar-refractivity contribution in [2.75, 3.05) is 59.5 Å². The number of carbonyl (C=O) groups is 4. The van der Waals surface area contributed by atoms with Gasteiger partial charge in [-0.2, -0.15) is 0 Å². The number of phosphoric ester groups is 2. The Balaban J connectivity index is 5.13. The van der Waals surface area contributed by atoms with Gasteiger partial charge in [0.2, 0.25) is 0 Å². The Labute approximate surface area is 584 Å². The summed E-state index contributed by atoms with van der Waals surface area (Å²) < 4.78 is 70.6. The van der Waals surface area contributed by atoms with E-state index in [0.717, 1.165) is 256 Å². The highest BCUT2D eigenvalue weighted by molar-refractivity contribution is 7.47. The van der Waals surface area contributed by atoms with E-state index >= 15 is 0 Å². The Kier molecular flexibility index (Phi) is 72.8. The molecule has 0 aliphatic carbocycles. The Hall–Kier alpha value is -2.76. The standard InChI is InChI=1S/C77H140O17P2/c1-2-3-4-5-6-7-8-9-12-19-26-33-40-47-54-61-77(82)90-71-76(89-67-60-53-46-39-32-24-16-11-10-13-20-27-34-41-48-55-62-78)73-94-96(85,86)92-69-74(81)68-91-95(83,84)93-72-75(88-66-59-52-45-38-31-25-18-15-22-29-36-43-50-57-64-80)70-87-65-58-51-44-37-30-23-17-14-21-28-35-42-49-56-63-79/h6-7,9-10,12-15,17-18,62-64,74-76,81H,2-5,8,11,16,19-61,65-73H2,1H3,(H,83,84)(H,85,86)/b7-6-,12-9-,13-10-,17-14-,18-15-/t74-,75+,76+/m0/s1. The molecule has 0 aliphatic rings. The monoisotopic (exact) mass is 1400 g/mol. The molecule has 0 spiro atoms. The van der Waals surface area contributed by atoms with E-state index in [2.05, 4.69) is 67.7 Å². The first kappa shape index (κ1) is 93.2. The number of phosphoric acid groups is 2. The van der Waals surface area contributed by atoms with E-state index in [1.807, 2.05) is 0 Å². The van der Waals surface area contributed by atoms with Gasteiger partial charge in [0.15, 0.2) is 0 Å². The summed E-state index contributed by atoms with van der Waals surface area (Å²) in [5.41, 5.74) is 0. The summed E-state index contributed by atoms with van der Waals surface area (Å²) in [6, 6.07) is 0. The van der Waals surface area contributed by atoms with Crippen LogP contribution in [0.3, 0.4) is 0 Å². The first-order valence-corrected chi connectivity index (χ1v) is 41.4. The van der Waals surface area contributed by atoms with E-state index in [-0.39, 0.29) is 32.2 Å². The molecule has 5 atom stereocenters. The van der Waals surface area contributed by atoms with E-state index in [1.54, 1.807) is 0 Å². The third-order valence-electron chi connectivity index (χ3n) is 16.5. The van der Waals surface area contributed by atoms with Gasteiger partial charge in [-0.1, -0.05) is 209 Å². The molecule has 2 unspecified atom stereocenters. The molecule has 0 bridgehead atoms. The van der Waals surface area contributed by atoms with Crippen LogP contribution in [0.5, 0.6) is 0 Å². The van der Waals surface area contributed by atoms with Gasteiger partial charge in [0.25, 0.3) is 0 Å². The number of aldehydes is 3. The Morgan fingerprint density at radius 2 is 0.615 bits per heavy atom. The number of unbranched alkanes of at least 4 members (excludes halogenated alkanes) is 40. The van der Waals surface area contributed by atoms with Gasteiger partial charge in [0.1, 0.15) is 43.8 Å². The fourth-order valence-electron chi connectivity index (χ4n) is 10.6. The summed E-state index contributed by atoms with van der Waals surface area (Å²) in [7, 11) is -9.53. The number of hydrogen-bond donors (Lipinski definition) is 3. The Morgan fingerprint density at radius 3 is 0.969 bits per heavy atom. The van der Waals surface area contributed by atoms with E-state index in [1.165, 1.54) is 51.4 Å². The van der Waals surface area contributed by atoms with Crippen LogP contribution in [0.15, 0.2) is 60.8 Å². The van der Waals surface area contributed by atoms with Gasteiger partial charge in [-0.3, -0.25) is 22.9 Å². The summed E-state index contributed by atoms with van der Waals surface area (Å²) in [5, 5.41) is 10.6. The fraction of sp³-hybridized carbons (Fsp3) is 0.818. The summed E-state index contributed by atoms with van der Waals surface area (Å²) in [6.07, 6.45) is 73.9. The number of esters is 1. The highest BCUT2D eigenvalue weighted by atomic mass is 31.2. The van der Waals surface area contributed by atoms with Crippen LogP contribution in [0, 0.1) is 0 Å². The van der Waals surface area contributed by atoms with Crippen LogP contribution in [-0.2, 0) is 65.4 Å². The first-order valence-electron chi connectivity index (χ1n) is 38.4. The maximum atomic E-state index is 13.1. The fourth-order valence-corrected chi connectivity index (χ4v) is 12.1. The quantitative estimate of drug-likeness (QED) is 0.0169. The second-order valence-corrected chi connectivity index (χ2v) is 28.7. The maximum absolute atomic E-state index is 13.1. The summed E-state index contributed by atoms with van der Waals surface area (Å²) >= 11 is 0. The number of rotatable bonds is 79. The molecule has 19 heteroatoms. The molecule has 0 heterocycles. The van der Waals surface area contributed by atoms with Gasteiger partial charge >= 0.3 is 21.6 Å². The zero-order valence-electron chi connectivity index (χ0n) is 60.4. The van der Waals surface area contributed by atoms with Crippen molar-refractivity contribution >= 4 is 40.5 Å². The number of aliphatic hydroxyl groups is 1. The highest BCUT2D eigenvalue weighted by Gasteiger charge is 2.29. The third kappa shape index (κ3) is 73.9. The smallest absolute Gasteiger partial charge is 0.463 e. The van der Waals surface area contributed by atoms with Crippen LogP contribution in [0.4, 0.5) is 0 Å². The zero-order chi connectivity index (χ0) is 69.9. The second-order valence-electron chi connectivity index (χ2n) is 25.8. The van der Waals surface area contributed by atoms with Gasteiger partial charge in [-0.25, -0.2) is 9.13 Å². The molecular weight excluding hydrogens is 1260 g/mol. The molecule has 0 radical (unpaired) electrons. The molecule has 0 amide bonds. The van der Waals surface area contributed by atoms with E-state index in [0.29, 0.717) is 45.5 Å². The SMILES string of the molecule is CCCCC/C=C\C/C=C\CCCCCCCC(=O)OC[C@H](COP(=O)(O)OC[C@@H](O)COP(=O)(O)OC[C@@H](COCCCCCCC/C=C\CCCCCCC=O)OCCCCCCC/C=C\CCCCCCC=O)OCCCCCCCCC/C=C\CCCCCCC=O. The average Bonchev–Trinajstić information content (AvgIpc) is 1.35. The first-order chi connectivity index (χ1) is 47.0. The number of carbonyl (C=O) groups excluding carboxylic acids is 4. The predicted molar refractivity (Wildman–Crippen MR) is 391 cm³/mol. The molecule has 0 saturated heterocycles. The van der Waals surface area contributed by atoms with Crippen LogP contribution >= 0.6 is 15.6 Å². The zero-order valence-corrected chi connectivity index (χ0v) is 62.2. The summed E-state index contributed by atoms with van der Waals surface area (Å²) in [4.78, 5) is 65.5. The second kappa shape index (κ2) is 74.9. The molecular formula is C77H140O17P2. The number of allylic oxidation sites excluding steroid dienone is 10. The summed E-state index contributed by atoms with van der Waals surface area (Å²) in [6.45, 7) is 1.16. The largest absolute Gasteiger partial charge is 0.472 e. The maximum Gasteiger partial charge on any atom is 0.472 e. The molecule has 3 N–H and O–H groups in total. The minimum Gasteiger partial charge on any atom is -0.463 e. The van der Waals surface area contributed by atoms with Gasteiger partial charge < -0.3 is 48.2 Å². The van der Waals surface area contributed by atoms with Gasteiger partial charge in [0, 0.05) is 45.5 Å². The molecule has 0 aromatic heterocycles. The van der Waals surface area contributed by atoms with Crippen molar-refractivity contribution < 1.29 is 80.2 Å². The molecule has 0 rings (SSSR count). The highest BCUT2D eigenvalue weighted by Crippen LogP contribution is 2.45. The van der Waals surface area contributed by atoms with Crippen molar-refractivity contribution in [3.63, 3.8) is 0 Å². The van der Waals surface area contributed by atoms with E-state index < -0.39 is 53.8 Å². The minimum atomic E-state index is -4.80. The van der Waals surface area contributed by atoms with Crippen molar-refractivity contribution in [3.8, 4) is 0 Å². The average molecular weight is 1400 g/mol. The molecule has 0 aliphatic heterocycles. The molecule has 0 aromatic rings. The predicted octanol–water partition coefficient (Wildman–Crippen LogP) is 20.8. The molecule has 0 saturated carbocycles. The lowest BCUT2D eigenvalue weighted by atomic mass is 10.1. The van der Waals surface area contributed by atoms with Crippen LogP contribution in [0.2, 0.25) is 0 Å². The van der Waals surface area contributed by atoms with Crippen molar-refractivity contribution in [2.45, 2.75) is 346 Å².